The molecule has 0 unspecified atom stereocenters. The van der Waals surface area contributed by atoms with Gasteiger partial charge in [0.1, 0.15) is 5.75 Å². The molecule has 2 amide bonds. The van der Waals surface area contributed by atoms with Crippen molar-refractivity contribution in [1.82, 2.24) is 10.3 Å². The van der Waals surface area contributed by atoms with E-state index in [9.17, 15) is 14.7 Å². The van der Waals surface area contributed by atoms with E-state index >= 15 is 0 Å². The molecule has 0 radical (unpaired) electrons. The number of aromatic hydroxyl groups is 1. The molecule has 156 valence electrons. The molecule has 0 aromatic heterocycles. The van der Waals surface area contributed by atoms with Gasteiger partial charge in [-0.1, -0.05) is 30.3 Å². The van der Waals surface area contributed by atoms with Gasteiger partial charge in [-0.15, -0.1) is 0 Å². The molecule has 0 aliphatic carbocycles. The SMILES string of the molecule is Cc1cc(O)cc(C)c1C[C@H](N)C(=O)NCCN(N)C(=O)CCc1ccccc1. The van der Waals surface area contributed by atoms with E-state index in [1.54, 1.807) is 12.1 Å². The van der Waals surface area contributed by atoms with E-state index in [0.29, 0.717) is 19.3 Å². The molecular formula is C22H30N4O3. The molecular weight excluding hydrogens is 368 g/mol. The number of hydrogen-bond acceptors (Lipinski definition) is 5. The Bertz CT molecular complexity index is 816. The van der Waals surface area contributed by atoms with E-state index in [0.717, 1.165) is 27.3 Å². The number of phenolic OH excluding ortho intramolecular Hbond substituents is 1. The summed E-state index contributed by atoms with van der Waals surface area (Å²) in [7, 11) is 0. The van der Waals surface area contributed by atoms with Crippen LogP contribution in [-0.4, -0.2) is 41.1 Å². The molecule has 0 aliphatic heterocycles. The van der Waals surface area contributed by atoms with Crippen molar-refractivity contribution in [2.24, 2.45) is 11.6 Å². The molecule has 7 nitrogen and oxygen atoms in total. The van der Waals surface area contributed by atoms with Gasteiger partial charge in [-0.05, 0) is 61.1 Å². The largest absolute Gasteiger partial charge is 0.508 e. The Morgan fingerprint density at radius 1 is 1.14 bits per heavy atom. The molecule has 0 aliphatic rings. The maximum atomic E-state index is 12.3. The van der Waals surface area contributed by atoms with Crippen LogP contribution in [0.1, 0.15) is 28.7 Å². The third kappa shape index (κ3) is 6.89. The monoisotopic (exact) mass is 398 g/mol. The maximum absolute atomic E-state index is 12.3. The van der Waals surface area contributed by atoms with Crippen molar-refractivity contribution in [3.05, 3.63) is 64.7 Å². The Kier molecular flexibility index (Phi) is 8.18. The summed E-state index contributed by atoms with van der Waals surface area (Å²) < 4.78 is 0. The van der Waals surface area contributed by atoms with Crippen molar-refractivity contribution in [2.75, 3.05) is 13.1 Å². The predicted molar refractivity (Wildman–Crippen MR) is 113 cm³/mol. The molecule has 6 N–H and O–H groups in total. The highest BCUT2D eigenvalue weighted by atomic mass is 16.3. The lowest BCUT2D eigenvalue weighted by molar-refractivity contribution is -0.132. The van der Waals surface area contributed by atoms with Gasteiger partial charge in [0, 0.05) is 13.0 Å². The zero-order chi connectivity index (χ0) is 21.4. The van der Waals surface area contributed by atoms with Crippen molar-refractivity contribution in [3.63, 3.8) is 0 Å². The zero-order valence-corrected chi connectivity index (χ0v) is 17.0. The number of carbonyl (C=O) groups excluding carboxylic acids is 2. The van der Waals surface area contributed by atoms with E-state index in [-0.39, 0.29) is 30.7 Å². The second kappa shape index (κ2) is 10.6. The number of carbonyl (C=O) groups is 2. The average molecular weight is 399 g/mol. The quantitative estimate of drug-likeness (QED) is 0.288. The van der Waals surface area contributed by atoms with Crippen LogP contribution in [-0.2, 0) is 22.4 Å². The Labute approximate surface area is 171 Å². The number of amides is 2. The lowest BCUT2D eigenvalue weighted by Crippen LogP contribution is -2.47. The third-order valence-corrected chi connectivity index (χ3v) is 4.88. The summed E-state index contributed by atoms with van der Waals surface area (Å²) in [5, 5.41) is 13.5. The lowest BCUT2D eigenvalue weighted by Gasteiger charge is -2.19. The number of nitrogens with one attached hydrogen (secondary N) is 1. The Hall–Kier alpha value is -2.90. The Balaban J connectivity index is 1.74. The number of nitrogens with two attached hydrogens (primary N) is 2. The molecule has 0 fully saturated rings. The first-order chi connectivity index (χ1) is 13.8. The summed E-state index contributed by atoms with van der Waals surface area (Å²) in [6, 6.07) is 12.3. The summed E-state index contributed by atoms with van der Waals surface area (Å²) >= 11 is 0. The van der Waals surface area contributed by atoms with E-state index in [1.165, 1.54) is 0 Å². The van der Waals surface area contributed by atoms with E-state index in [4.69, 9.17) is 11.6 Å². The van der Waals surface area contributed by atoms with Gasteiger partial charge in [-0.25, -0.2) is 5.84 Å². The van der Waals surface area contributed by atoms with Crippen LogP contribution >= 0.6 is 0 Å². The van der Waals surface area contributed by atoms with Gasteiger partial charge in [-0.2, -0.15) is 0 Å². The first kappa shape index (κ1) is 22.4. The molecule has 2 rings (SSSR count). The number of benzene rings is 2. The van der Waals surface area contributed by atoms with Crippen LogP contribution in [0.15, 0.2) is 42.5 Å². The van der Waals surface area contributed by atoms with Gasteiger partial charge in [0.05, 0.1) is 12.6 Å². The standard InChI is InChI=1S/C22H30N4O3/c1-15-12-18(27)13-16(2)19(15)14-20(23)22(29)25-10-11-26(24)21(28)9-8-17-6-4-3-5-7-17/h3-7,12-13,20,27H,8-11,14,23-24H2,1-2H3,(H,25,29)/t20-/m0/s1. The topological polar surface area (TPSA) is 122 Å². The minimum absolute atomic E-state index is 0.178. The Morgan fingerprint density at radius 3 is 2.38 bits per heavy atom. The fraction of sp³-hybridized carbons (Fsp3) is 0.364. The van der Waals surface area contributed by atoms with Crippen LogP contribution in [0.2, 0.25) is 0 Å². The molecule has 0 bridgehead atoms. The van der Waals surface area contributed by atoms with E-state index < -0.39 is 6.04 Å². The lowest BCUT2D eigenvalue weighted by atomic mass is 9.96. The van der Waals surface area contributed by atoms with E-state index in [2.05, 4.69) is 5.32 Å². The second-order valence-corrected chi connectivity index (χ2v) is 7.23. The number of rotatable bonds is 9. The number of hydrogen-bond donors (Lipinski definition) is 4. The van der Waals surface area contributed by atoms with Gasteiger partial charge in [0.15, 0.2) is 0 Å². The van der Waals surface area contributed by atoms with Crippen molar-refractivity contribution in [2.45, 2.75) is 39.2 Å². The van der Waals surface area contributed by atoms with E-state index in [1.807, 2.05) is 44.2 Å². The number of aryl methyl sites for hydroxylation is 3. The van der Waals surface area contributed by atoms with Crippen LogP contribution in [0.5, 0.6) is 5.75 Å². The van der Waals surface area contributed by atoms with Crippen LogP contribution in [0.4, 0.5) is 0 Å². The Morgan fingerprint density at radius 2 is 1.76 bits per heavy atom. The van der Waals surface area contributed by atoms with Crippen LogP contribution in [0, 0.1) is 13.8 Å². The minimum Gasteiger partial charge on any atom is -0.508 e. The minimum atomic E-state index is -0.725. The molecule has 1 atom stereocenters. The molecule has 7 heteroatoms. The van der Waals surface area contributed by atoms with Crippen LogP contribution < -0.4 is 16.9 Å². The summed E-state index contributed by atoms with van der Waals surface area (Å²) in [5.41, 5.74) is 9.83. The highest BCUT2D eigenvalue weighted by molar-refractivity contribution is 5.82. The van der Waals surface area contributed by atoms with Crippen molar-refractivity contribution in [1.29, 1.82) is 0 Å². The number of phenols is 1. The zero-order valence-electron chi connectivity index (χ0n) is 17.0. The summed E-state index contributed by atoms with van der Waals surface area (Å²) in [6.45, 7) is 4.19. The average Bonchev–Trinajstić information content (AvgIpc) is 2.69. The second-order valence-electron chi connectivity index (χ2n) is 7.23. The molecule has 2 aromatic carbocycles. The van der Waals surface area contributed by atoms with Crippen molar-refractivity contribution < 1.29 is 14.7 Å². The summed E-state index contributed by atoms with van der Waals surface area (Å²) in [4.78, 5) is 24.4. The summed E-state index contributed by atoms with van der Waals surface area (Å²) in [5.74, 6) is 5.51. The predicted octanol–water partition coefficient (Wildman–Crippen LogP) is 1.33. The van der Waals surface area contributed by atoms with Gasteiger partial charge in [0.25, 0.3) is 0 Å². The first-order valence-electron chi connectivity index (χ1n) is 9.69. The smallest absolute Gasteiger partial charge is 0.237 e. The summed E-state index contributed by atoms with van der Waals surface area (Å²) in [6.07, 6.45) is 1.30. The number of hydrazine groups is 1. The molecule has 2 aromatic rings. The first-order valence-corrected chi connectivity index (χ1v) is 9.69. The fourth-order valence-corrected chi connectivity index (χ4v) is 3.20. The molecule has 0 saturated heterocycles. The van der Waals surface area contributed by atoms with Crippen LogP contribution in [0.3, 0.4) is 0 Å². The molecule has 29 heavy (non-hydrogen) atoms. The maximum Gasteiger partial charge on any atom is 0.237 e. The van der Waals surface area contributed by atoms with Gasteiger partial charge < -0.3 is 16.2 Å². The molecule has 0 saturated carbocycles. The molecule has 0 heterocycles. The highest BCUT2D eigenvalue weighted by Crippen LogP contribution is 2.21. The van der Waals surface area contributed by atoms with Crippen molar-refractivity contribution in [3.8, 4) is 5.75 Å². The highest BCUT2D eigenvalue weighted by Gasteiger charge is 2.17. The third-order valence-electron chi connectivity index (χ3n) is 4.88. The fourth-order valence-electron chi connectivity index (χ4n) is 3.20. The number of nitrogens with zero attached hydrogens (tertiary/aromatic N) is 1. The van der Waals surface area contributed by atoms with Gasteiger partial charge in [0.2, 0.25) is 11.8 Å². The van der Waals surface area contributed by atoms with Gasteiger partial charge >= 0.3 is 0 Å². The molecule has 0 spiro atoms. The van der Waals surface area contributed by atoms with Crippen molar-refractivity contribution >= 4 is 11.8 Å². The van der Waals surface area contributed by atoms with Crippen LogP contribution in [0.25, 0.3) is 0 Å². The normalized spacial score (nSPS) is 11.7. The van der Waals surface area contributed by atoms with Gasteiger partial charge in [-0.3, -0.25) is 14.6 Å².